The zero-order chi connectivity index (χ0) is 14.3. The van der Waals surface area contributed by atoms with Crippen molar-refractivity contribution in [3.05, 3.63) is 11.7 Å². The summed E-state index contributed by atoms with van der Waals surface area (Å²) in [4.78, 5) is 4.52. The molecule has 0 bridgehead atoms. The number of aromatic nitrogens is 2. The van der Waals surface area contributed by atoms with E-state index in [2.05, 4.69) is 36.2 Å². The lowest BCUT2D eigenvalue weighted by atomic mass is 9.96. The van der Waals surface area contributed by atoms with Crippen LogP contribution in [-0.4, -0.2) is 29.8 Å². The second-order valence-corrected chi connectivity index (χ2v) is 4.87. The molecule has 1 N–H and O–H groups in total. The van der Waals surface area contributed by atoms with Gasteiger partial charge >= 0.3 is 0 Å². The molecule has 0 aliphatic carbocycles. The Morgan fingerprint density at radius 3 is 2.53 bits per heavy atom. The zero-order valence-corrected chi connectivity index (χ0v) is 12.8. The molecule has 0 spiro atoms. The highest BCUT2D eigenvalue weighted by molar-refractivity contribution is 5.01. The third kappa shape index (κ3) is 4.01. The highest BCUT2D eigenvalue weighted by Crippen LogP contribution is 2.30. The number of ether oxygens (including phenoxy) is 1. The smallest absolute Gasteiger partial charge is 0.226 e. The quantitative estimate of drug-likeness (QED) is 0.747. The molecule has 5 nitrogen and oxygen atoms in total. The molecule has 110 valence electrons. The fourth-order valence-corrected chi connectivity index (χ4v) is 2.14. The largest absolute Gasteiger partial charge is 0.367 e. The Kier molecular flexibility index (Phi) is 6.45. The van der Waals surface area contributed by atoms with Crippen LogP contribution < -0.4 is 5.32 Å². The number of nitrogens with zero attached hydrogens (tertiary/aromatic N) is 2. The molecule has 0 aromatic carbocycles. The number of nitrogens with one attached hydrogen (secondary N) is 1. The fraction of sp³-hybridized carbons (Fsp3) is 0.857. The van der Waals surface area contributed by atoms with Gasteiger partial charge in [0.15, 0.2) is 0 Å². The van der Waals surface area contributed by atoms with Crippen molar-refractivity contribution in [1.82, 2.24) is 15.5 Å². The third-order valence-electron chi connectivity index (χ3n) is 3.72. The Hall–Kier alpha value is -0.940. The molecule has 1 atom stereocenters. The van der Waals surface area contributed by atoms with Gasteiger partial charge in [-0.2, -0.15) is 4.98 Å². The van der Waals surface area contributed by atoms with Gasteiger partial charge in [-0.1, -0.05) is 19.0 Å². The van der Waals surface area contributed by atoms with Gasteiger partial charge in [0, 0.05) is 19.1 Å². The van der Waals surface area contributed by atoms with E-state index in [1.54, 1.807) is 0 Å². The van der Waals surface area contributed by atoms with E-state index in [0.29, 0.717) is 24.4 Å². The Labute approximate surface area is 116 Å². The van der Waals surface area contributed by atoms with Crippen molar-refractivity contribution < 1.29 is 9.26 Å². The molecule has 0 saturated carbocycles. The van der Waals surface area contributed by atoms with Crippen LogP contribution in [0.25, 0.3) is 0 Å². The second kappa shape index (κ2) is 7.60. The molecule has 1 aromatic heterocycles. The van der Waals surface area contributed by atoms with E-state index in [0.717, 1.165) is 25.7 Å². The van der Waals surface area contributed by atoms with Crippen molar-refractivity contribution in [2.24, 2.45) is 0 Å². The van der Waals surface area contributed by atoms with Crippen LogP contribution in [0.3, 0.4) is 0 Å². The summed E-state index contributed by atoms with van der Waals surface area (Å²) in [6.45, 7) is 8.98. The van der Waals surface area contributed by atoms with Crippen LogP contribution in [0.4, 0.5) is 0 Å². The monoisotopic (exact) mass is 269 g/mol. The van der Waals surface area contributed by atoms with Crippen molar-refractivity contribution in [3.63, 3.8) is 0 Å². The lowest BCUT2D eigenvalue weighted by Crippen LogP contribution is -2.29. The van der Waals surface area contributed by atoms with Crippen LogP contribution in [0, 0.1) is 0 Å². The molecular formula is C14H27N3O2. The van der Waals surface area contributed by atoms with Gasteiger partial charge in [-0.25, -0.2) is 0 Å². The normalized spacial score (nSPS) is 13.7. The summed E-state index contributed by atoms with van der Waals surface area (Å²) in [5.74, 6) is 1.38. The summed E-state index contributed by atoms with van der Waals surface area (Å²) in [5.41, 5.74) is -0.398. The first-order chi connectivity index (χ1) is 9.11. The topological polar surface area (TPSA) is 60.2 Å². The van der Waals surface area contributed by atoms with Gasteiger partial charge in [-0.05, 0) is 40.2 Å². The molecule has 0 saturated heterocycles. The van der Waals surface area contributed by atoms with Crippen LogP contribution in [-0.2, 0) is 16.8 Å². The van der Waals surface area contributed by atoms with E-state index in [1.807, 2.05) is 14.0 Å². The van der Waals surface area contributed by atoms with Gasteiger partial charge in [-0.3, -0.25) is 0 Å². The molecule has 0 amide bonds. The summed E-state index contributed by atoms with van der Waals surface area (Å²) in [5, 5.41) is 7.32. The summed E-state index contributed by atoms with van der Waals surface area (Å²) in [7, 11) is 1.96. The predicted molar refractivity (Wildman–Crippen MR) is 75.0 cm³/mol. The highest BCUT2D eigenvalue weighted by atomic mass is 16.5. The minimum Gasteiger partial charge on any atom is -0.367 e. The molecule has 5 heteroatoms. The molecule has 0 fully saturated rings. The fourth-order valence-electron chi connectivity index (χ4n) is 2.14. The molecule has 0 radical (unpaired) electrons. The van der Waals surface area contributed by atoms with Crippen LogP contribution in [0.15, 0.2) is 4.52 Å². The minimum absolute atomic E-state index is 0.398. The summed E-state index contributed by atoms with van der Waals surface area (Å²) in [6, 6.07) is 0.448. The Balaban J connectivity index is 2.75. The van der Waals surface area contributed by atoms with Gasteiger partial charge in [0.1, 0.15) is 5.60 Å². The molecule has 0 aliphatic heterocycles. The summed E-state index contributed by atoms with van der Waals surface area (Å²) in [6.07, 6.45) is 3.48. The third-order valence-corrected chi connectivity index (χ3v) is 3.72. The van der Waals surface area contributed by atoms with Gasteiger partial charge < -0.3 is 14.6 Å². The van der Waals surface area contributed by atoms with Gasteiger partial charge in [-0.15, -0.1) is 0 Å². The first-order valence-electron chi connectivity index (χ1n) is 7.26. The van der Waals surface area contributed by atoms with Crippen molar-refractivity contribution in [1.29, 1.82) is 0 Å². The standard InChI is InChI=1S/C14H27N3O2/c1-6-14(7-2,18-8-3)13-16-12(19-17-13)10-9-11(4)15-5/h11,15H,6-10H2,1-5H3. The molecule has 1 rings (SSSR count). The van der Waals surface area contributed by atoms with E-state index in [4.69, 9.17) is 9.26 Å². The number of aryl methyl sites for hydroxylation is 1. The van der Waals surface area contributed by atoms with Crippen molar-refractivity contribution in [2.45, 2.75) is 65.0 Å². The van der Waals surface area contributed by atoms with E-state index in [9.17, 15) is 0 Å². The lowest BCUT2D eigenvalue weighted by molar-refractivity contribution is -0.0583. The second-order valence-electron chi connectivity index (χ2n) is 4.87. The van der Waals surface area contributed by atoms with E-state index in [-0.39, 0.29) is 0 Å². The van der Waals surface area contributed by atoms with Crippen LogP contribution in [0.2, 0.25) is 0 Å². The first kappa shape index (κ1) is 16.1. The Bertz CT molecular complexity index is 361. The lowest BCUT2D eigenvalue weighted by Gasteiger charge is -2.27. The summed E-state index contributed by atoms with van der Waals surface area (Å²) < 4.78 is 11.2. The van der Waals surface area contributed by atoms with Crippen LogP contribution in [0.5, 0.6) is 0 Å². The van der Waals surface area contributed by atoms with Gasteiger partial charge in [0.2, 0.25) is 11.7 Å². The molecule has 1 heterocycles. The van der Waals surface area contributed by atoms with E-state index < -0.39 is 5.60 Å². The van der Waals surface area contributed by atoms with Crippen LogP contribution >= 0.6 is 0 Å². The maximum Gasteiger partial charge on any atom is 0.226 e. The number of rotatable bonds is 9. The first-order valence-corrected chi connectivity index (χ1v) is 7.26. The van der Waals surface area contributed by atoms with Crippen molar-refractivity contribution in [3.8, 4) is 0 Å². The van der Waals surface area contributed by atoms with Crippen molar-refractivity contribution in [2.75, 3.05) is 13.7 Å². The Morgan fingerprint density at radius 1 is 1.32 bits per heavy atom. The summed E-state index contributed by atoms with van der Waals surface area (Å²) >= 11 is 0. The predicted octanol–water partition coefficient (Wildman–Crippen LogP) is 2.66. The van der Waals surface area contributed by atoms with Gasteiger partial charge in [0.25, 0.3) is 0 Å². The number of hydrogen-bond acceptors (Lipinski definition) is 5. The molecule has 19 heavy (non-hydrogen) atoms. The maximum absolute atomic E-state index is 5.88. The van der Waals surface area contributed by atoms with E-state index >= 15 is 0 Å². The number of hydrogen-bond donors (Lipinski definition) is 1. The molecular weight excluding hydrogens is 242 g/mol. The van der Waals surface area contributed by atoms with Gasteiger partial charge in [0.05, 0.1) is 0 Å². The average molecular weight is 269 g/mol. The minimum atomic E-state index is -0.398. The molecule has 1 unspecified atom stereocenters. The Morgan fingerprint density at radius 2 is 2.00 bits per heavy atom. The SMILES string of the molecule is CCOC(CC)(CC)c1noc(CCC(C)NC)n1. The molecule has 1 aromatic rings. The zero-order valence-electron chi connectivity index (χ0n) is 12.8. The molecule has 0 aliphatic rings. The average Bonchev–Trinajstić information content (AvgIpc) is 2.91. The van der Waals surface area contributed by atoms with Crippen molar-refractivity contribution >= 4 is 0 Å². The van der Waals surface area contributed by atoms with Crippen LogP contribution in [0.1, 0.15) is 58.7 Å². The maximum atomic E-state index is 5.88. The van der Waals surface area contributed by atoms with E-state index in [1.165, 1.54) is 0 Å². The highest BCUT2D eigenvalue weighted by Gasteiger charge is 2.34.